The Balaban J connectivity index is 1.45. The van der Waals surface area contributed by atoms with Gasteiger partial charge in [-0.1, -0.05) is 43.8 Å². The molecule has 3 rings (SSSR count). The van der Waals surface area contributed by atoms with Gasteiger partial charge in [0.1, 0.15) is 17.2 Å². The normalized spacial score (nSPS) is 14.2. The van der Waals surface area contributed by atoms with Gasteiger partial charge in [0.2, 0.25) is 0 Å². The van der Waals surface area contributed by atoms with Gasteiger partial charge in [0.15, 0.2) is 0 Å². The van der Waals surface area contributed by atoms with Crippen molar-refractivity contribution in [2.24, 2.45) is 0 Å². The molecule has 2 heterocycles. The molecule has 1 N–H and O–H groups in total. The number of rotatable bonds is 6. The van der Waals surface area contributed by atoms with Crippen LogP contribution in [0.5, 0.6) is 0 Å². The molecule has 1 fully saturated rings. The van der Waals surface area contributed by atoms with E-state index in [1.165, 1.54) is 11.8 Å². The molecule has 1 aliphatic heterocycles. The first-order chi connectivity index (χ1) is 15.0. The third kappa shape index (κ3) is 6.46. The predicted octanol–water partition coefficient (Wildman–Crippen LogP) is 4.41. The van der Waals surface area contributed by atoms with Crippen LogP contribution in [-0.2, 0) is 9.53 Å². The van der Waals surface area contributed by atoms with Crippen LogP contribution in [0.1, 0.15) is 43.9 Å². The molecule has 1 aromatic heterocycles. The maximum atomic E-state index is 12.4. The molecule has 2 aromatic rings. The Kier molecular flexibility index (Phi) is 7.90. The first-order valence-corrected chi connectivity index (χ1v) is 11.3. The van der Waals surface area contributed by atoms with E-state index < -0.39 is 0 Å². The van der Waals surface area contributed by atoms with Crippen molar-refractivity contribution >= 4 is 29.4 Å². The average molecular weight is 439 g/mol. The van der Waals surface area contributed by atoms with Crippen molar-refractivity contribution in [2.75, 3.05) is 24.2 Å². The quantitative estimate of drug-likeness (QED) is 0.530. The number of urea groups is 1. The molecule has 0 spiro atoms. The second kappa shape index (κ2) is 10.8. The van der Waals surface area contributed by atoms with E-state index in [1.54, 1.807) is 11.0 Å². The number of carbonyl (C=O) groups excluding carboxylic acids is 2. The van der Waals surface area contributed by atoms with Gasteiger partial charge in [-0.15, -0.1) is 0 Å². The average Bonchev–Trinajstić information content (AvgIpc) is 2.78. The minimum absolute atomic E-state index is 0.0952. The standard InChI is InChI=1S/C23H26N4O3S/c1-16(2)20-9-8-17(14-24)22(26-20)31-15-21(28)30-19-10-12-27(13-11-19)23(29)25-18-6-4-3-5-7-18/h3-9,16,19H,10-13,15H2,1-2H3,(H,25,29). The molecular formula is C23H26N4O3S. The number of amides is 2. The van der Waals surface area contributed by atoms with Crippen molar-refractivity contribution in [3.8, 4) is 6.07 Å². The molecule has 7 nitrogen and oxygen atoms in total. The Bertz CT molecular complexity index is 951. The summed E-state index contributed by atoms with van der Waals surface area (Å²) in [6.07, 6.45) is 0.992. The summed E-state index contributed by atoms with van der Waals surface area (Å²) >= 11 is 1.22. The van der Waals surface area contributed by atoms with Crippen LogP contribution in [0, 0.1) is 11.3 Å². The Morgan fingerprint density at radius 3 is 2.58 bits per heavy atom. The van der Waals surface area contributed by atoms with Gasteiger partial charge in [-0.25, -0.2) is 9.78 Å². The number of aromatic nitrogens is 1. The lowest BCUT2D eigenvalue weighted by Gasteiger charge is -2.31. The molecule has 0 unspecified atom stereocenters. The Hall–Kier alpha value is -3.05. The van der Waals surface area contributed by atoms with E-state index in [2.05, 4.69) is 16.4 Å². The first-order valence-electron chi connectivity index (χ1n) is 10.3. The fourth-order valence-corrected chi connectivity index (χ4v) is 3.98. The molecule has 1 saturated heterocycles. The number of piperidine rings is 1. The van der Waals surface area contributed by atoms with Gasteiger partial charge in [0, 0.05) is 37.3 Å². The van der Waals surface area contributed by atoms with Gasteiger partial charge in [0.05, 0.1) is 11.3 Å². The van der Waals surface area contributed by atoms with Gasteiger partial charge in [0.25, 0.3) is 0 Å². The molecular weight excluding hydrogens is 412 g/mol. The van der Waals surface area contributed by atoms with E-state index in [4.69, 9.17) is 4.74 Å². The topological polar surface area (TPSA) is 95.3 Å². The lowest BCUT2D eigenvalue weighted by molar-refractivity contribution is -0.147. The third-order valence-electron chi connectivity index (χ3n) is 4.97. The fraction of sp³-hybridized carbons (Fsp3) is 0.391. The van der Waals surface area contributed by atoms with Crippen LogP contribution in [0.3, 0.4) is 0 Å². The minimum atomic E-state index is -0.335. The summed E-state index contributed by atoms with van der Waals surface area (Å²) in [7, 11) is 0. The summed E-state index contributed by atoms with van der Waals surface area (Å²) in [5.41, 5.74) is 2.10. The zero-order valence-corrected chi connectivity index (χ0v) is 18.5. The number of nitriles is 1. The lowest BCUT2D eigenvalue weighted by atomic mass is 10.1. The van der Waals surface area contributed by atoms with Crippen molar-refractivity contribution in [1.29, 1.82) is 5.26 Å². The molecule has 2 amide bonds. The minimum Gasteiger partial charge on any atom is -0.462 e. The Morgan fingerprint density at radius 1 is 1.23 bits per heavy atom. The summed E-state index contributed by atoms with van der Waals surface area (Å²) in [5, 5.41) is 12.7. The van der Waals surface area contributed by atoms with Crippen LogP contribution in [-0.4, -0.2) is 46.8 Å². The monoisotopic (exact) mass is 438 g/mol. The maximum absolute atomic E-state index is 12.4. The van der Waals surface area contributed by atoms with Crippen molar-refractivity contribution in [2.45, 2.75) is 43.7 Å². The van der Waals surface area contributed by atoms with E-state index >= 15 is 0 Å². The number of esters is 1. The van der Waals surface area contributed by atoms with Crippen molar-refractivity contribution in [1.82, 2.24) is 9.88 Å². The van der Waals surface area contributed by atoms with Gasteiger partial charge < -0.3 is 15.0 Å². The van der Waals surface area contributed by atoms with E-state index in [9.17, 15) is 14.9 Å². The molecule has 31 heavy (non-hydrogen) atoms. The van der Waals surface area contributed by atoms with Crippen LogP contribution < -0.4 is 5.32 Å². The molecule has 8 heteroatoms. The number of benzene rings is 1. The number of likely N-dealkylation sites (tertiary alicyclic amines) is 1. The molecule has 162 valence electrons. The number of para-hydroxylation sites is 1. The molecule has 1 aliphatic rings. The summed E-state index contributed by atoms with van der Waals surface area (Å²) in [6.45, 7) is 5.12. The number of hydrogen-bond donors (Lipinski definition) is 1. The van der Waals surface area contributed by atoms with Gasteiger partial charge in [-0.3, -0.25) is 4.79 Å². The second-order valence-electron chi connectivity index (χ2n) is 7.62. The molecule has 0 bridgehead atoms. The maximum Gasteiger partial charge on any atom is 0.321 e. The summed E-state index contributed by atoms with van der Waals surface area (Å²) < 4.78 is 5.58. The molecule has 0 radical (unpaired) electrons. The van der Waals surface area contributed by atoms with E-state index in [-0.39, 0.29) is 29.8 Å². The zero-order chi connectivity index (χ0) is 22.2. The van der Waals surface area contributed by atoms with E-state index in [0.717, 1.165) is 11.4 Å². The molecule has 0 atom stereocenters. The van der Waals surface area contributed by atoms with Crippen LogP contribution >= 0.6 is 11.8 Å². The summed E-state index contributed by atoms with van der Waals surface area (Å²) in [6, 6.07) is 14.9. The highest BCUT2D eigenvalue weighted by Gasteiger charge is 2.25. The number of pyridine rings is 1. The number of nitrogens with one attached hydrogen (secondary N) is 1. The van der Waals surface area contributed by atoms with Gasteiger partial charge in [-0.05, 0) is 30.2 Å². The van der Waals surface area contributed by atoms with Gasteiger partial charge in [-0.2, -0.15) is 5.26 Å². The summed E-state index contributed by atoms with van der Waals surface area (Å²) in [5.74, 6) is -0.000986. The highest BCUT2D eigenvalue weighted by Crippen LogP contribution is 2.24. The van der Waals surface area contributed by atoms with Crippen molar-refractivity contribution in [3.05, 3.63) is 53.7 Å². The van der Waals surface area contributed by atoms with Gasteiger partial charge >= 0.3 is 12.0 Å². The third-order valence-corrected chi connectivity index (χ3v) is 5.94. The predicted molar refractivity (Wildman–Crippen MR) is 120 cm³/mol. The SMILES string of the molecule is CC(C)c1ccc(C#N)c(SCC(=O)OC2CCN(C(=O)Nc3ccccc3)CC2)n1. The number of anilines is 1. The van der Waals surface area contributed by atoms with Crippen molar-refractivity contribution in [3.63, 3.8) is 0 Å². The highest BCUT2D eigenvalue weighted by molar-refractivity contribution is 7.99. The zero-order valence-electron chi connectivity index (χ0n) is 17.7. The van der Waals surface area contributed by atoms with Crippen LogP contribution in [0.15, 0.2) is 47.5 Å². The highest BCUT2D eigenvalue weighted by atomic mass is 32.2. The smallest absolute Gasteiger partial charge is 0.321 e. The lowest BCUT2D eigenvalue weighted by Crippen LogP contribution is -2.43. The van der Waals surface area contributed by atoms with Crippen molar-refractivity contribution < 1.29 is 14.3 Å². The fourth-order valence-electron chi connectivity index (χ4n) is 3.22. The largest absolute Gasteiger partial charge is 0.462 e. The first kappa shape index (κ1) is 22.6. The van der Waals surface area contributed by atoms with Crippen LogP contribution in [0.4, 0.5) is 10.5 Å². The number of hydrogen-bond acceptors (Lipinski definition) is 6. The number of nitrogens with zero attached hydrogens (tertiary/aromatic N) is 3. The summed E-state index contributed by atoms with van der Waals surface area (Å²) in [4.78, 5) is 30.9. The molecule has 1 aromatic carbocycles. The number of carbonyl (C=O) groups is 2. The number of ether oxygens (including phenoxy) is 1. The number of thioether (sulfide) groups is 1. The second-order valence-corrected chi connectivity index (χ2v) is 8.58. The van der Waals surface area contributed by atoms with E-state index in [1.807, 2.05) is 50.2 Å². The van der Waals surface area contributed by atoms with E-state index in [0.29, 0.717) is 36.5 Å². The molecule has 0 aliphatic carbocycles. The Labute approximate surface area is 186 Å². The Morgan fingerprint density at radius 2 is 1.94 bits per heavy atom. The van der Waals surface area contributed by atoms with Crippen LogP contribution in [0.25, 0.3) is 0 Å². The molecule has 0 saturated carbocycles. The van der Waals surface area contributed by atoms with Crippen LogP contribution in [0.2, 0.25) is 0 Å².